The minimum Gasteiger partial charge on any atom is -0.467 e. The average molecular weight is 409 g/mol. The van der Waals surface area contributed by atoms with E-state index in [0.29, 0.717) is 12.0 Å². The quantitative estimate of drug-likeness (QED) is 0.611. The molecule has 0 fully saturated rings. The maximum Gasteiger partial charge on any atom is 0.328 e. The smallest absolute Gasteiger partial charge is 0.328 e. The summed E-state index contributed by atoms with van der Waals surface area (Å²) >= 11 is 2.10. The van der Waals surface area contributed by atoms with Gasteiger partial charge in [0.2, 0.25) is 0 Å². The zero-order valence-electron chi connectivity index (χ0n) is 12.1. The molecule has 2 rings (SSSR count). The number of halogens is 1. The van der Waals surface area contributed by atoms with Crippen molar-refractivity contribution in [2.45, 2.75) is 12.5 Å². The van der Waals surface area contributed by atoms with Gasteiger partial charge in [-0.2, -0.15) is 0 Å². The zero-order valence-corrected chi connectivity index (χ0v) is 14.2. The fourth-order valence-corrected chi connectivity index (χ4v) is 2.70. The van der Waals surface area contributed by atoms with Crippen LogP contribution in [0.5, 0.6) is 0 Å². The summed E-state index contributed by atoms with van der Waals surface area (Å²) in [7, 11) is 1.32. The highest BCUT2D eigenvalue weighted by Crippen LogP contribution is 2.12. The van der Waals surface area contributed by atoms with Crippen molar-refractivity contribution < 1.29 is 14.3 Å². The highest BCUT2D eigenvalue weighted by atomic mass is 127. The van der Waals surface area contributed by atoms with Crippen LogP contribution in [0, 0.1) is 3.57 Å². The third kappa shape index (κ3) is 4.30. The summed E-state index contributed by atoms with van der Waals surface area (Å²) in [6, 6.07) is 16.0. The summed E-state index contributed by atoms with van der Waals surface area (Å²) in [4.78, 5) is 24.3. The van der Waals surface area contributed by atoms with Crippen molar-refractivity contribution in [3.8, 4) is 0 Å². The molecule has 0 radical (unpaired) electrons. The summed E-state index contributed by atoms with van der Waals surface area (Å²) in [6.07, 6.45) is 0.392. The molecule has 2 aromatic rings. The molecule has 4 nitrogen and oxygen atoms in total. The van der Waals surface area contributed by atoms with Gasteiger partial charge in [-0.05, 0) is 40.3 Å². The van der Waals surface area contributed by atoms with Crippen LogP contribution in [-0.2, 0) is 16.0 Å². The molecular formula is C17H16INO3. The fourth-order valence-electron chi connectivity index (χ4n) is 2.07. The summed E-state index contributed by atoms with van der Waals surface area (Å²) in [5, 5.41) is 2.76. The Hall–Kier alpha value is -1.89. The number of amides is 1. The largest absolute Gasteiger partial charge is 0.467 e. The summed E-state index contributed by atoms with van der Waals surface area (Å²) < 4.78 is 5.63. The van der Waals surface area contributed by atoms with Gasteiger partial charge in [-0.25, -0.2) is 4.79 Å². The van der Waals surface area contributed by atoms with Crippen molar-refractivity contribution in [2.24, 2.45) is 0 Å². The van der Waals surface area contributed by atoms with E-state index in [9.17, 15) is 9.59 Å². The van der Waals surface area contributed by atoms with Gasteiger partial charge in [0.05, 0.1) is 12.7 Å². The molecule has 0 unspecified atom stereocenters. The first-order valence-electron chi connectivity index (χ1n) is 6.79. The minimum atomic E-state index is -0.712. The predicted molar refractivity (Wildman–Crippen MR) is 92.6 cm³/mol. The number of methoxy groups -OCH3 is 1. The van der Waals surface area contributed by atoms with Gasteiger partial charge in [0.1, 0.15) is 6.04 Å². The molecular weight excluding hydrogens is 393 g/mol. The van der Waals surface area contributed by atoms with Crippen molar-refractivity contribution in [2.75, 3.05) is 7.11 Å². The molecule has 0 bridgehead atoms. The maximum absolute atomic E-state index is 12.4. The number of carbonyl (C=O) groups excluding carboxylic acids is 2. The molecule has 22 heavy (non-hydrogen) atoms. The van der Waals surface area contributed by atoms with E-state index in [0.717, 1.165) is 9.13 Å². The lowest BCUT2D eigenvalue weighted by Gasteiger charge is -2.17. The first-order valence-corrected chi connectivity index (χ1v) is 7.87. The van der Waals surface area contributed by atoms with Crippen molar-refractivity contribution >= 4 is 34.5 Å². The molecule has 5 heteroatoms. The second-order valence-corrected chi connectivity index (χ2v) is 5.88. The Labute approximate surface area is 143 Å². The molecule has 1 N–H and O–H groups in total. The maximum atomic E-state index is 12.4. The Morgan fingerprint density at radius 2 is 1.73 bits per heavy atom. The molecule has 1 atom stereocenters. The number of rotatable bonds is 5. The molecule has 0 aliphatic carbocycles. The van der Waals surface area contributed by atoms with E-state index in [1.165, 1.54) is 7.11 Å². The molecule has 0 aliphatic heterocycles. The zero-order chi connectivity index (χ0) is 15.9. The number of esters is 1. The Morgan fingerprint density at radius 3 is 2.36 bits per heavy atom. The number of hydrogen-bond donors (Lipinski definition) is 1. The van der Waals surface area contributed by atoms with Gasteiger partial charge in [0.15, 0.2) is 0 Å². The lowest BCUT2D eigenvalue weighted by atomic mass is 10.1. The van der Waals surface area contributed by atoms with E-state index >= 15 is 0 Å². The average Bonchev–Trinajstić information content (AvgIpc) is 2.54. The van der Waals surface area contributed by atoms with Crippen LogP contribution in [0.15, 0.2) is 54.6 Å². The Bertz CT molecular complexity index is 658. The van der Waals surface area contributed by atoms with Crippen LogP contribution in [0.2, 0.25) is 0 Å². The number of hydrogen-bond acceptors (Lipinski definition) is 3. The van der Waals surface area contributed by atoms with Gasteiger partial charge in [-0.15, -0.1) is 0 Å². The Balaban J connectivity index is 2.15. The van der Waals surface area contributed by atoms with Crippen molar-refractivity contribution in [1.29, 1.82) is 0 Å². The highest BCUT2D eigenvalue weighted by Gasteiger charge is 2.23. The second-order valence-electron chi connectivity index (χ2n) is 4.72. The van der Waals surface area contributed by atoms with Crippen molar-refractivity contribution in [3.05, 3.63) is 69.3 Å². The van der Waals surface area contributed by atoms with E-state index in [-0.39, 0.29) is 5.91 Å². The standard InChI is InChI=1S/C17H16INO3/c1-22-17(21)15(11-12-7-3-2-4-8-12)19-16(20)13-9-5-6-10-14(13)18/h2-10,15H,11H2,1H3,(H,19,20)/t15-/m0/s1. The van der Waals surface area contributed by atoms with Crippen LogP contribution < -0.4 is 5.32 Å². The van der Waals surface area contributed by atoms with Gasteiger partial charge in [-0.1, -0.05) is 42.5 Å². The van der Waals surface area contributed by atoms with Crippen LogP contribution in [0.4, 0.5) is 0 Å². The topological polar surface area (TPSA) is 55.4 Å². The van der Waals surface area contributed by atoms with E-state index in [1.54, 1.807) is 12.1 Å². The lowest BCUT2D eigenvalue weighted by Crippen LogP contribution is -2.43. The van der Waals surface area contributed by atoms with Crippen LogP contribution >= 0.6 is 22.6 Å². The van der Waals surface area contributed by atoms with Gasteiger partial charge in [-0.3, -0.25) is 4.79 Å². The second kappa shape index (κ2) is 7.93. The SMILES string of the molecule is COC(=O)[C@H](Cc1ccccc1)NC(=O)c1ccccc1I. The number of carbonyl (C=O) groups is 2. The molecule has 0 saturated carbocycles. The molecule has 0 saturated heterocycles. The molecule has 1 amide bonds. The number of benzene rings is 2. The minimum absolute atomic E-state index is 0.281. The highest BCUT2D eigenvalue weighted by molar-refractivity contribution is 14.1. The monoisotopic (exact) mass is 409 g/mol. The molecule has 0 aromatic heterocycles. The summed E-state index contributed by atoms with van der Waals surface area (Å²) in [6.45, 7) is 0. The first-order chi connectivity index (χ1) is 10.6. The van der Waals surface area contributed by atoms with E-state index < -0.39 is 12.0 Å². The van der Waals surface area contributed by atoms with Gasteiger partial charge in [0, 0.05) is 9.99 Å². The van der Waals surface area contributed by atoms with Gasteiger partial charge >= 0.3 is 5.97 Å². The third-order valence-electron chi connectivity index (χ3n) is 3.19. The summed E-state index contributed by atoms with van der Waals surface area (Å²) in [5.41, 5.74) is 1.51. The molecule has 0 aliphatic rings. The fraction of sp³-hybridized carbons (Fsp3) is 0.176. The van der Waals surface area contributed by atoms with E-state index in [2.05, 4.69) is 27.9 Å². The molecule has 2 aromatic carbocycles. The van der Waals surface area contributed by atoms with Crippen LogP contribution in [0.3, 0.4) is 0 Å². The van der Waals surface area contributed by atoms with Crippen molar-refractivity contribution in [3.63, 3.8) is 0 Å². The molecule has 0 heterocycles. The molecule has 114 valence electrons. The van der Waals surface area contributed by atoms with Gasteiger partial charge < -0.3 is 10.1 Å². The molecule has 0 spiro atoms. The predicted octanol–water partition coefficient (Wildman–Crippen LogP) is 2.81. The third-order valence-corrected chi connectivity index (χ3v) is 4.13. The van der Waals surface area contributed by atoms with Crippen LogP contribution in [0.1, 0.15) is 15.9 Å². The van der Waals surface area contributed by atoms with Crippen molar-refractivity contribution in [1.82, 2.24) is 5.32 Å². The van der Waals surface area contributed by atoms with E-state index in [4.69, 9.17) is 4.74 Å². The van der Waals surface area contributed by atoms with Gasteiger partial charge in [0.25, 0.3) is 5.91 Å². The van der Waals surface area contributed by atoms with Crippen LogP contribution in [0.25, 0.3) is 0 Å². The lowest BCUT2D eigenvalue weighted by molar-refractivity contribution is -0.142. The summed E-state index contributed by atoms with van der Waals surface area (Å²) in [5.74, 6) is -0.737. The Morgan fingerprint density at radius 1 is 1.09 bits per heavy atom. The van der Waals surface area contributed by atoms with E-state index in [1.807, 2.05) is 42.5 Å². The Kier molecular flexibility index (Phi) is 5.94. The normalized spacial score (nSPS) is 11.5. The number of ether oxygens (including phenoxy) is 1. The number of nitrogens with one attached hydrogen (secondary N) is 1. The first kappa shape index (κ1) is 16.5. The van der Waals surface area contributed by atoms with Crippen LogP contribution in [-0.4, -0.2) is 25.0 Å².